The van der Waals surface area contributed by atoms with E-state index < -0.39 is 17.4 Å². The molecule has 1 aromatic heterocycles. The van der Waals surface area contributed by atoms with Gasteiger partial charge in [-0.1, -0.05) is 18.5 Å². The van der Waals surface area contributed by atoms with Gasteiger partial charge in [0.15, 0.2) is 11.8 Å². The summed E-state index contributed by atoms with van der Waals surface area (Å²) >= 11 is 5.56. The van der Waals surface area contributed by atoms with E-state index in [0.29, 0.717) is 6.42 Å². The molecule has 0 N–H and O–H groups in total. The third-order valence-corrected chi connectivity index (χ3v) is 4.66. The smallest absolute Gasteiger partial charge is 0.343 e. The number of halogens is 2. The van der Waals surface area contributed by atoms with Crippen molar-refractivity contribution in [3.8, 4) is 5.75 Å². The second-order valence-corrected chi connectivity index (χ2v) is 6.09. The van der Waals surface area contributed by atoms with Crippen molar-refractivity contribution in [2.75, 3.05) is 6.07 Å². The van der Waals surface area contributed by atoms with Crippen molar-refractivity contribution in [1.82, 2.24) is 9.97 Å². The van der Waals surface area contributed by atoms with E-state index in [4.69, 9.17) is 21.1 Å². The van der Waals surface area contributed by atoms with Crippen LogP contribution < -0.4 is 4.74 Å². The molecule has 0 unspecified atom stereocenters. The first kappa shape index (κ1) is 16.9. The summed E-state index contributed by atoms with van der Waals surface area (Å²) in [6.45, 7) is 1.98. The maximum atomic E-state index is 14.6. The van der Waals surface area contributed by atoms with Crippen LogP contribution in [0.2, 0.25) is 0 Å². The lowest BCUT2D eigenvalue weighted by Gasteiger charge is -2.27. The van der Waals surface area contributed by atoms with E-state index in [0.717, 1.165) is 31.7 Å². The summed E-state index contributed by atoms with van der Waals surface area (Å²) in [5.41, 5.74) is -0.321. The largest absolute Gasteiger partial charge is 0.475 e. The molecule has 2 aromatic rings. The molecule has 0 atom stereocenters. The highest BCUT2D eigenvalue weighted by Gasteiger charge is 2.37. The second-order valence-electron chi connectivity index (χ2n) is 5.87. The molecule has 128 valence electrons. The van der Waals surface area contributed by atoms with Crippen molar-refractivity contribution in [3.05, 3.63) is 29.8 Å². The monoisotopic (exact) mass is 352 g/mol. The number of carbonyl (C=O) groups excluding carboxylic acids is 1. The average molecular weight is 353 g/mol. The number of hydrogen-bond acceptors (Lipinski definition) is 5. The number of fused-ring (bicyclic) bond motifs is 1. The quantitative estimate of drug-likeness (QED) is 0.595. The Balaban J connectivity index is 2.04. The molecule has 1 aliphatic carbocycles. The molecular weight excluding hydrogens is 335 g/mol. The summed E-state index contributed by atoms with van der Waals surface area (Å²) in [6, 6.07) is 0.942. The van der Waals surface area contributed by atoms with Gasteiger partial charge in [-0.05, 0) is 32.1 Å². The highest BCUT2D eigenvalue weighted by atomic mass is 35.5. The molecular formula is C17H18ClFN2O3. The van der Waals surface area contributed by atoms with E-state index in [2.05, 4.69) is 9.97 Å². The molecule has 3 rings (SSSR count). The van der Waals surface area contributed by atoms with Crippen LogP contribution in [0.1, 0.15) is 49.4 Å². The summed E-state index contributed by atoms with van der Waals surface area (Å²) < 4.78 is 25.5. The van der Waals surface area contributed by atoms with Crippen molar-refractivity contribution in [2.24, 2.45) is 0 Å². The van der Waals surface area contributed by atoms with Gasteiger partial charge in [-0.25, -0.2) is 14.2 Å². The second kappa shape index (κ2) is 6.89. The van der Waals surface area contributed by atoms with E-state index in [9.17, 15) is 9.18 Å². The van der Waals surface area contributed by atoms with Crippen LogP contribution in [-0.4, -0.2) is 27.6 Å². The van der Waals surface area contributed by atoms with Gasteiger partial charge in [-0.15, -0.1) is 0 Å². The summed E-state index contributed by atoms with van der Waals surface area (Å²) in [6.07, 6.45) is 7.16. The van der Waals surface area contributed by atoms with Crippen molar-refractivity contribution in [3.63, 3.8) is 0 Å². The number of carbonyl (C=O) groups is 1. The Labute approximate surface area is 144 Å². The molecule has 24 heavy (non-hydrogen) atoms. The lowest BCUT2D eigenvalue weighted by atomic mass is 9.98. The number of alkyl halides is 1. The van der Waals surface area contributed by atoms with Gasteiger partial charge < -0.3 is 9.47 Å². The standard InChI is InChI=1S/C17H18ClFN2O3/c1-2-17(5-3-4-6-17)24-16(22)13-11(19)9-12(23-10-18)14-15(13)21-8-7-20-14/h7-9H,2-6,10H2,1H3. The highest BCUT2D eigenvalue weighted by molar-refractivity contribution is 6.17. The summed E-state index contributed by atoms with van der Waals surface area (Å²) in [7, 11) is 0. The molecule has 0 saturated heterocycles. The number of rotatable bonds is 5. The third kappa shape index (κ3) is 3.02. The van der Waals surface area contributed by atoms with Crippen LogP contribution in [0.4, 0.5) is 4.39 Å². The minimum Gasteiger partial charge on any atom is -0.475 e. The zero-order valence-electron chi connectivity index (χ0n) is 13.3. The van der Waals surface area contributed by atoms with Gasteiger partial charge in [0.2, 0.25) is 0 Å². The van der Waals surface area contributed by atoms with E-state index in [1.165, 1.54) is 12.4 Å². The first-order chi connectivity index (χ1) is 11.6. The summed E-state index contributed by atoms with van der Waals surface area (Å²) in [5.74, 6) is -1.32. The number of ether oxygens (including phenoxy) is 2. The molecule has 1 aromatic carbocycles. The third-order valence-electron chi connectivity index (χ3n) is 4.55. The van der Waals surface area contributed by atoms with Gasteiger partial charge in [0.25, 0.3) is 0 Å². The Kier molecular flexibility index (Phi) is 4.85. The van der Waals surface area contributed by atoms with Crippen LogP contribution in [0.3, 0.4) is 0 Å². The maximum Gasteiger partial charge on any atom is 0.343 e. The van der Waals surface area contributed by atoms with Crippen molar-refractivity contribution in [2.45, 2.75) is 44.6 Å². The van der Waals surface area contributed by atoms with Crippen LogP contribution >= 0.6 is 11.6 Å². The van der Waals surface area contributed by atoms with E-state index in [1.807, 2.05) is 6.92 Å². The Bertz CT molecular complexity index is 763. The fourth-order valence-electron chi connectivity index (χ4n) is 3.23. The summed E-state index contributed by atoms with van der Waals surface area (Å²) in [4.78, 5) is 20.9. The minimum atomic E-state index is -0.752. The van der Waals surface area contributed by atoms with Crippen LogP contribution in [0.25, 0.3) is 11.0 Å². The van der Waals surface area contributed by atoms with Crippen LogP contribution in [-0.2, 0) is 4.74 Å². The molecule has 1 saturated carbocycles. The highest BCUT2D eigenvalue weighted by Crippen LogP contribution is 2.38. The Morgan fingerprint density at radius 1 is 1.29 bits per heavy atom. The van der Waals surface area contributed by atoms with Crippen molar-refractivity contribution in [1.29, 1.82) is 0 Å². The molecule has 1 fully saturated rings. The fourth-order valence-corrected chi connectivity index (χ4v) is 3.35. The lowest BCUT2D eigenvalue weighted by Crippen LogP contribution is -2.31. The number of esters is 1. The van der Waals surface area contributed by atoms with Gasteiger partial charge in [0.05, 0.1) is 0 Å². The molecule has 1 aliphatic rings. The predicted octanol–water partition coefficient (Wildman–Crippen LogP) is 4.22. The van der Waals surface area contributed by atoms with Crippen molar-refractivity contribution < 1.29 is 18.7 Å². The van der Waals surface area contributed by atoms with Crippen LogP contribution in [0, 0.1) is 5.82 Å². The number of hydrogen-bond donors (Lipinski definition) is 0. The number of nitrogens with zero attached hydrogens (tertiary/aromatic N) is 2. The van der Waals surface area contributed by atoms with E-state index in [1.54, 1.807) is 0 Å². The van der Waals surface area contributed by atoms with E-state index in [-0.39, 0.29) is 28.4 Å². The Morgan fingerprint density at radius 3 is 2.58 bits per heavy atom. The Morgan fingerprint density at radius 2 is 1.96 bits per heavy atom. The average Bonchev–Trinajstić information content (AvgIpc) is 3.04. The first-order valence-corrected chi connectivity index (χ1v) is 8.49. The maximum absolute atomic E-state index is 14.6. The molecule has 1 heterocycles. The molecule has 0 amide bonds. The Hall–Kier alpha value is -1.95. The minimum absolute atomic E-state index is 0.117. The number of benzene rings is 1. The fraction of sp³-hybridized carbons (Fsp3) is 0.471. The molecule has 0 aliphatic heterocycles. The lowest BCUT2D eigenvalue weighted by molar-refractivity contribution is -0.0174. The van der Waals surface area contributed by atoms with Crippen molar-refractivity contribution >= 4 is 28.6 Å². The van der Waals surface area contributed by atoms with Crippen LogP contribution in [0.15, 0.2) is 18.5 Å². The van der Waals surface area contributed by atoms with Gasteiger partial charge in [-0.3, -0.25) is 4.98 Å². The zero-order valence-corrected chi connectivity index (χ0v) is 14.1. The van der Waals surface area contributed by atoms with E-state index >= 15 is 0 Å². The van der Waals surface area contributed by atoms with Gasteiger partial charge in [0.1, 0.15) is 28.0 Å². The molecule has 5 nitrogen and oxygen atoms in total. The predicted molar refractivity (Wildman–Crippen MR) is 87.7 cm³/mol. The molecule has 0 radical (unpaired) electrons. The first-order valence-electron chi connectivity index (χ1n) is 7.95. The van der Waals surface area contributed by atoms with Gasteiger partial charge in [0, 0.05) is 18.5 Å². The molecule has 7 heteroatoms. The molecule has 0 bridgehead atoms. The number of aromatic nitrogens is 2. The molecule has 0 spiro atoms. The topological polar surface area (TPSA) is 61.3 Å². The summed E-state index contributed by atoms with van der Waals surface area (Å²) in [5, 5.41) is 0. The zero-order chi connectivity index (χ0) is 17.2. The van der Waals surface area contributed by atoms with Crippen LogP contribution in [0.5, 0.6) is 5.75 Å². The van der Waals surface area contributed by atoms with Gasteiger partial charge in [-0.2, -0.15) is 0 Å². The van der Waals surface area contributed by atoms with Gasteiger partial charge >= 0.3 is 5.97 Å². The SMILES string of the molecule is CCC1(OC(=O)c2c(F)cc(OCCl)c3nccnc23)CCCC1. The normalized spacial score (nSPS) is 16.3.